The fraction of sp³-hybridized carbons (Fsp3) is 0.636. The third-order valence-corrected chi connectivity index (χ3v) is 3.19. The quantitative estimate of drug-likeness (QED) is 0.605. The number of morpholine rings is 1. The normalized spacial score (nSPS) is 19.7. The lowest BCUT2D eigenvalue weighted by molar-refractivity contribution is 0.00351. The summed E-state index contributed by atoms with van der Waals surface area (Å²) in [5.41, 5.74) is 5.16. The molecule has 4 N–H and O–H groups in total. The molecule has 1 unspecified atom stereocenters. The van der Waals surface area contributed by atoms with Gasteiger partial charge in [-0.25, -0.2) is 4.79 Å². The van der Waals surface area contributed by atoms with Gasteiger partial charge in [-0.05, 0) is 6.92 Å². The Labute approximate surface area is 109 Å². The van der Waals surface area contributed by atoms with Crippen LogP contribution in [0.25, 0.3) is 0 Å². The predicted octanol–water partition coefficient (Wildman–Crippen LogP) is -1.66. The summed E-state index contributed by atoms with van der Waals surface area (Å²) in [4.78, 5) is 27.5. The molecule has 1 aromatic rings. The molecule has 8 heteroatoms. The maximum atomic E-state index is 11.9. The summed E-state index contributed by atoms with van der Waals surface area (Å²) in [5.74, 6) is 0.148. The van der Waals surface area contributed by atoms with E-state index >= 15 is 0 Å². The van der Waals surface area contributed by atoms with Crippen LogP contribution in [0.1, 0.15) is 6.92 Å². The number of hydrogen-bond acceptors (Lipinski definition) is 6. The molecule has 1 atom stereocenters. The third-order valence-electron chi connectivity index (χ3n) is 3.19. The number of rotatable bonds is 3. The Morgan fingerprint density at radius 3 is 2.89 bits per heavy atom. The van der Waals surface area contributed by atoms with Crippen molar-refractivity contribution in [3.63, 3.8) is 0 Å². The van der Waals surface area contributed by atoms with E-state index < -0.39 is 11.2 Å². The summed E-state index contributed by atoms with van der Waals surface area (Å²) in [7, 11) is 0. The fourth-order valence-electron chi connectivity index (χ4n) is 2.23. The molecule has 19 heavy (non-hydrogen) atoms. The van der Waals surface area contributed by atoms with Gasteiger partial charge in [-0.15, -0.1) is 0 Å². The molecular formula is C11H18N4O4. The van der Waals surface area contributed by atoms with Crippen LogP contribution >= 0.6 is 0 Å². The van der Waals surface area contributed by atoms with Gasteiger partial charge in [-0.1, -0.05) is 0 Å². The number of hydrogen-bond donors (Lipinski definition) is 3. The zero-order valence-electron chi connectivity index (χ0n) is 10.8. The number of nitrogen functional groups attached to an aromatic ring is 1. The van der Waals surface area contributed by atoms with Gasteiger partial charge in [-0.2, -0.15) is 0 Å². The maximum Gasteiger partial charge on any atom is 0.330 e. The number of ether oxygens (including phenoxy) is 1. The highest BCUT2D eigenvalue weighted by Gasteiger charge is 2.25. The number of nitrogens with one attached hydrogen (secondary N) is 1. The van der Waals surface area contributed by atoms with E-state index in [4.69, 9.17) is 15.6 Å². The molecular weight excluding hydrogens is 252 g/mol. The Kier molecular flexibility index (Phi) is 3.91. The molecule has 0 bridgehead atoms. The summed E-state index contributed by atoms with van der Waals surface area (Å²) < 4.78 is 6.63. The van der Waals surface area contributed by atoms with Crippen molar-refractivity contribution in [2.75, 3.05) is 36.9 Å². The molecule has 0 radical (unpaired) electrons. The van der Waals surface area contributed by atoms with Crippen LogP contribution in [0.3, 0.4) is 0 Å². The molecule has 106 valence electrons. The lowest BCUT2D eigenvalue weighted by Crippen LogP contribution is -2.47. The van der Waals surface area contributed by atoms with E-state index in [0.717, 1.165) is 0 Å². The zero-order chi connectivity index (χ0) is 14.0. The van der Waals surface area contributed by atoms with E-state index in [2.05, 4.69) is 4.98 Å². The summed E-state index contributed by atoms with van der Waals surface area (Å²) >= 11 is 0. The van der Waals surface area contributed by atoms with Crippen LogP contribution < -0.4 is 21.9 Å². The first-order valence-electron chi connectivity index (χ1n) is 6.18. The fourth-order valence-corrected chi connectivity index (χ4v) is 2.23. The second kappa shape index (κ2) is 5.45. The van der Waals surface area contributed by atoms with Crippen molar-refractivity contribution in [3.8, 4) is 0 Å². The van der Waals surface area contributed by atoms with Crippen molar-refractivity contribution in [2.24, 2.45) is 0 Å². The molecule has 8 nitrogen and oxygen atoms in total. The molecule has 2 heterocycles. The summed E-state index contributed by atoms with van der Waals surface area (Å²) in [6, 6.07) is 0. The Balaban J connectivity index is 2.44. The van der Waals surface area contributed by atoms with Crippen molar-refractivity contribution in [1.82, 2.24) is 9.55 Å². The van der Waals surface area contributed by atoms with Crippen LogP contribution in [0.5, 0.6) is 0 Å². The number of aliphatic hydroxyl groups excluding tert-OH is 1. The first-order valence-corrected chi connectivity index (χ1v) is 6.18. The van der Waals surface area contributed by atoms with Crippen LogP contribution in [0.4, 0.5) is 11.5 Å². The number of H-pyrrole nitrogens is 1. The molecule has 1 aromatic heterocycles. The topological polar surface area (TPSA) is 114 Å². The molecule has 2 rings (SSSR count). The molecule has 1 fully saturated rings. The summed E-state index contributed by atoms with van der Waals surface area (Å²) in [5, 5.41) is 9.12. The SMILES string of the molecule is CCn1c(N)c(N2CCOC(CO)C2)c(=O)[nH]c1=O. The second-order valence-electron chi connectivity index (χ2n) is 4.36. The van der Waals surface area contributed by atoms with Gasteiger partial charge in [0.05, 0.1) is 19.3 Å². The van der Waals surface area contributed by atoms with E-state index in [9.17, 15) is 9.59 Å². The van der Waals surface area contributed by atoms with Crippen molar-refractivity contribution < 1.29 is 9.84 Å². The monoisotopic (exact) mass is 270 g/mol. The molecule has 1 saturated heterocycles. The first-order chi connectivity index (χ1) is 9.08. The smallest absolute Gasteiger partial charge is 0.330 e. The highest BCUT2D eigenvalue weighted by Crippen LogP contribution is 2.19. The number of nitrogens with two attached hydrogens (primary N) is 1. The lowest BCUT2D eigenvalue weighted by Gasteiger charge is -2.33. The lowest BCUT2D eigenvalue weighted by atomic mass is 10.2. The largest absolute Gasteiger partial charge is 0.394 e. The number of aromatic amines is 1. The van der Waals surface area contributed by atoms with Crippen molar-refractivity contribution >= 4 is 11.5 Å². The molecule has 1 aliphatic heterocycles. The Morgan fingerprint density at radius 2 is 2.26 bits per heavy atom. The van der Waals surface area contributed by atoms with Gasteiger partial charge in [0.15, 0.2) is 0 Å². The highest BCUT2D eigenvalue weighted by molar-refractivity contribution is 5.62. The van der Waals surface area contributed by atoms with Crippen LogP contribution in [0.2, 0.25) is 0 Å². The van der Waals surface area contributed by atoms with Gasteiger partial charge < -0.3 is 20.5 Å². The maximum absolute atomic E-state index is 11.9. The van der Waals surface area contributed by atoms with E-state index in [1.54, 1.807) is 11.8 Å². The van der Waals surface area contributed by atoms with Crippen LogP contribution in [0.15, 0.2) is 9.59 Å². The molecule has 0 aromatic carbocycles. The van der Waals surface area contributed by atoms with Crippen LogP contribution in [-0.2, 0) is 11.3 Å². The second-order valence-corrected chi connectivity index (χ2v) is 4.36. The average Bonchev–Trinajstić information content (AvgIpc) is 2.39. The van der Waals surface area contributed by atoms with E-state index in [1.807, 2.05) is 0 Å². The first kappa shape index (κ1) is 13.6. The molecule has 0 amide bonds. The number of aromatic nitrogens is 2. The zero-order valence-corrected chi connectivity index (χ0v) is 10.8. The number of nitrogens with zero attached hydrogens (tertiary/aromatic N) is 2. The van der Waals surface area contributed by atoms with Gasteiger partial charge >= 0.3 is 5.69 Å². The minimum atomic E-state index is -0.513. The third kappa shape index (κ3) is 2.49. The minimum Gasteiger partial charge on any atom is -0.394 e. The van der Waals surface area contributed by atoms with Crippen LogP contribution in [-0.4, -0.2) is 47.1 Å². The number of aliphatic hydroxyl groups is 1. The Morgan fingerprint density at radius 1 is 1.53 bits per heavy atom. The van der Waals surface area contributed by atoms with Gasteiger partial charge in [-0.3, -0.25) is 14.3 Å². The van der Waals surface area contributed by atoms with E-state index in [1.165, 1.54) is 4.57 Å². The Bertz CT molecular complexity index is 565. The standard InChI is InChI=1S/C11H18N4O4/c1-2-15-9(12)8(10(17)13-11(15)18)14-3-4-19-7(5-14)6-16/h7,16H,2-6,12H2,1H3,(H,13,17,18). The molecule has 0 saturated carbocycles. The van der Waals surface area contributed by atoms with Gasteiger partial charge in [0.25, 0.3) is 5.56 Å². The predicted molar refractivity (Wildman–Crippen MR) is 70.4 cm³/mol. The van der Waals surface area contributed by atoms with Gasteiger partial charge in [0.2, 0.25) is 0 Å². The van der Waals surface area contributed by atoms with E-state index in [-0.39, 0.29) is 24.2 Å². The van der Waals surface area contributed by atoms with Crippen LogP contribution in [0, 0.1) is 0 Å². The molecule has 1 aliphatic rings. The van der Waals surface area contributed by atoms with Gasteiger partial charge in [0.1, 0.15) is 11.5 Å². The molecule has 0 aliphatic carbocycles. The van der Waals surface area contributed by atoms with Crippen molar-refractivity contribution in [1.29, 1.82) is 0 Å². The average molecular weight is 270 g/mol. The summed E-state index contributed by atoms with van der Waals surface area (Å²) in [6.07, 6.45) is -0.352. The summed E-state index contributed by atoms with van der Waals surface area (Å²) in [6.45, 7) is 3.28. The van der Waals surface area contributed by atoms with Gasteiger partial charge in [0, 0.05) is 19.6 Å². The van der Waals surface area contributed by atoms with Crippen molar-refractivity contribution in [3.05, 3.63) is 20.8 Å². The Hall–Kier alpha value is -1.80. The van der Waals surface area contributed by atoms with Crippen molar-refractivity contribution in [2.45, 2.75) is 19.6 Å². The van der Waals surface area contributed by atoms with E-state index in [0.29, 0.717) is 26.2 Å². The molecule has 0 spiro atoms. The minimum absolute atomic E-state index is 0.123. The number of anilines is 2. The highest BCUT2D eigenvalue weighted by atomic mass is 16.5.